The number of aromatic nitrogens is 2. The number of hydrogen-bond donors (Lipinski definition) is 1. The summed E-state index contributed by atoms with van der Waals surface area (Å²) >= 11 is 0. The van der Waals surface area contributed by atoms with E-state index in [1.807, 2.05) is 19.4 Å². The van der Waals surface area contributed by atoms with Crippen LogP contribution in [0.2, 0.25) is 0 Å². The predicted octanol–water partition coefficient (Wildman–Crippen LogP) is 3.05. The number of benzene rings is 1. The quantitative estimate of drug-likeness (QED) is 0.850. The molecule has 1 atom stereocenters. The van der Waals surface area contributed by atoms with Crippen LogP contribution >= 0.6 is 0 Å². The fourth-order valence-corrected chi connectivity index (χ4v) is 2.42. The lowest BCUT2D eigenvalue weighted by Gasteiger charge is -2.19. The van der Waals surface area contributed by atoms with E-state index in [0.717, 1.165) is 24.5 Å². The van der Waals surface area contributed by atoms with E-state index in [4.69, 9.17) is 4.74 Å². The van der Waals surface area contributed by atoms with Crippen molar-refractivity contribution in [3.8, 4) is 5.75 Å². The minimum absolute atomic E-state index is 0.125. The summed E-state index contributed by atoms with van der Waals surface area (Å²) in [5.74, 6) is 2.01. The molecule has 21 heavy (non-hydrogen) atoms. The molecule has 1 unspecified atom stereocenters. The lowest BCUT2D eigenvalue weighted by Crippen LogP contribution is -2.25. The van der Waals surface area contributed by atoms with Crippen molar-refractivity contribution in [2.24, 2.45) is 7.05 Å². The minimum atomic E-state index is 0.125. The molecule has 1 aliphatic rings. The normalized spacial score (nSPS) is 15.9. The number of imidazole rings is 1. The summed E-state index contributed by atoms with van der Waals surface area (Å²) in [4.78, 5) is 4.50. The van der Waals surface area contributed by atoms with Gasteiger partial charge in [-0.1, -0.05) is 19.1 Å². The van der Waals surface area contributed by atoms with Gasteiger partial charge in [0, 0.05) is 19.4 Å². The molecule has 0 amide bonds. The molecule has 1 aromatic heterocycles. The van der Waals surface area contributed by atoms with E-state index in [1.165, 1.54) is 18.4 Å². The van der Waals surface area contributed by atoms with Gasteiger partial charge in [-0.25, -0.2) is 4.98 Å². The summed E-state index contributed by atoms with van der Waals surface area (Å²) in [5.41, 5.74) is 1.22. The maximum absolute atomic E-state index is 5.81. The summed E-state index contributed by atoms with van der Waals surface area (Å²) in [6.07, 6.45) is 7.76. The second-order valence-corrected chi connectivity index (χ2v) is 5.67. The number of nitrogens with one attached hydrogen (secondary N) is 1. The molecule has 3 rings (SSSR count). The summed E-state index contributed by atoms with van der Waals surface area (Å²) in [7, 11) is 2.04. The molecule has 1 aliphatic carbocycles. The lowest BCUT2D eigenvalue weighted by atomic mass is 10.1. The average Bonchev–Trinajstić information content (AvgIpc) is 3.21. The van der Waals surface area contributed by atoms with Crippen LogP contribution in [0.4, 0.5) is 0 Å². The zero-order valence-corrected chi connectivity index (χ0v) is 12.7. The Hall–Kier alpha value is -1.81. The zero-order chi connectivity index (χ0) is 14.7. The highest BCUT2D eigenvalue weighted by atomic mass is 16.5. The Morgan fingerprint density at radius 1 is 1.33 bits per heavy atom. The highest BCUT2D eigenvalue weighted by molar-refractivity contribution is 5.32. The molecule has 4 heteroatoms. The van der Waals surface area contributed by atoms with Crippen LogP contribution < -0.4 is 10.1 Å². The van der Waals surface area contributed by atoms with E-state index in [2.05, 4.69) is 46.1 Å². The second kappa shape index (κ2) is 6.31. The molecule has 1 heterocycles. The van der Waals surface area contributed by atoms with E-state index in [9.17, 15) is 0 Å². The molecule has 1 fully saturated rings. The van der Waals surface area contributed by atoms with Crippen LogP contribution in [-0.2, 0) is 7.05 Å². The van der Waals surface area contributed by atoms with Gasteiger partial charge in [-0.3, -0.25) is 0 Å². The Morgan fingerprint density at radius 3 is 2.67 bits per heavy atom. The van der Waals surface area contributed by atoms with Crippen LogP contribution in [0.3, 0.4) is 0 Å². The summed E-state index contributed by atoms with van der Waals surface area (Å²) < 4.78 is 7.89. The molecule has 1 N–H and O–H groups in total. The number of ether oxygens (including phenoxy) is 1. The van der Waals surface area contributed by atoms with Crippen molar-refractivity contribution in [3.63, 3.8) is 0 Å². The molecule has 112 valence electrons. The fraction of sp³-hybridized carbons (Fsp3) is 0.471. The zero-order valence-electron chi connectivity index (χ0n) is 12.7. The average molecular weight is 285 g/mol. The van der Waals surface area contributed by atoms with Gasteiger partial charge in [-0.15, -0.1) is 0 Å². The van der Waals surface area contributed by atoms with Gasteiger partial charge in [0.2, 0.25) is 0 Å². The largest absolute Gasteiger partial charge is 0.490 e. The number of rotatable bonds is 7. The molecular weight excluding hydrogens is 262 g/mol. The van der Waals surface area contributed by atoms with E-state index in [-0.39, 0.29) is 6.04 Å². The molecule has 0 saturated heterocycles. The first-order valence-corrected chi connectivity index (χ1v) is 7.75. The Labute approximate surface area is 126 Å². The fourth-order valence-electron chi connectivity index (χ4n) is 2.42. The number of aryl methyl sites for hydroxylation is 1. The van der Waals surface area contributed by atoms with Crippen molar-refractivity contribution in [1.82, 2.24) is 14.9 Å². The van der Waals surface area contributed by atoms with Crippen LogP contribution in [0.15, 0.2) is 36.7 Å². The van der Waals surface area contributed by atoms with Crippen molar-refractivity contribution >= 4 is 0 Å². The van der Waals surface area contributed by atoms with Gasteiger partial charge in [0.05, 0.1) is 12.1 Å². The predicted molar refractivity (Wildman–Crippen MR) is 83.4 cm³/mol. The first kappa shape index (κ1) is 14.1. The van der Waals surface area contributed by atoms with Crippen molar-refractivity contribution in [1.29, 1.82) is 0 Å². The molecule has 0 spiro atoms. The topological polar surface area (TPSA) is 39.1 Å². The number of nitrogens with zero attached hydrogens (tertiary/aromatic N) is 2. The van der Waals surface area contributed by atoms with Gasteiger partial charge in [-0.2, -0.15) is 0 Å². The summed E-state index contributed by atoms with van der Waals surface area (Å²) in [6.45, 7) is 3.15. The van der Waals surface area contributed by atoms with E-state index < -0.39 is 0 Å². The Morgan fingerprint density at radius 2 is 2.10 bits per heavy atom. The third-order valence-electron chi connectivity index (χ3n) is 3.76. The molecule has 2 aromatic rings. The highest BCUT2D eigenvalue weighted by Crippen LogP contribution is 2.28. The Bertz CT molecular complexity index is 572. The smallest absolute Gasteiger partial charge is 0.130 e. The van der Waals surface area contributed by atoms with Crippen LogP contribution in [0.1, 0.15) is 43.6 Å². The Balaban J connectivity index is 1.79. The minimum Gasteiger partial charge on any atom is -0.490 e. The first-order valence-electron chi connectivity index (χ1n) is 7.75. The lowest BCUT2D eigenvalue weighted by molar-refractivity contribution is 0.303. The molecule has 4 nitrogen and oxygen atoms in total. The van der Waals surface area contributed by atoms with Crippen LogP contribution in [0, 0.1) is 0 Å². The standard InChI is InChI=1S/C17H23N3O/c1-3-10-18-16(17-19-11-12-20(17)2)13-4-6-14(7-5-13)21-15-8-9-15/h4-7,11-12,15-16,18H,3,8-10H2,1-2H3. The van der Waals surface area contributed by atoms with E-state index >= 15 is 0 Å². The van der Waals surface area contributed by atoms with Gasteiger partial charge in [-0.05, 0) is 43.5 Å². The van der Waals surface area contributed by atoms with Crippen molar-refractivity contribution in [2.75, 3.05) is 6.54 Å². The van der Waals surface area contributed by atoms with E-state index in [1.54, 1.807) is 0 Å². The third-order valence-corrected chi connectivity index (χ3v) is 3.76. The first-order chi connectivity index (χ1) is 10.3. The summed E-state index contributed by atoms with van der Waals surface area (Å²) in [6, 6.07) is 8.54. The van der Waals surface area contributed by atoms with Crippen molar-refractivity contribution in [3.05, 3.63) is 48.0 Å². The van der Waals surface area contributed by atoms with Gasteiger partial charge in [0.25, 0.3) is 0 Å². The molecular formula is C17H23N3O. The van der Waals surface area contributed by atoms with Crippen LogP contribution in [0.5, 0.6) is 5.75 Å². The highest BCUT2D eigenvalue weighted by Gasteiger charge is 2.23. The number of hydrogen-bond acceptors (Lipinski definition) is 3. The second-order valence-electron chi connectivity index (χ2n) is 5.67. The van der Waals surface area contributed by atoms with E-state index in [0.29, 0.717) is 6.10 Å². The molecule has 0 aliphatic heterocycles. The molecule has 0 bridgehead atoms. The third kappa shape index (κ3) is 3.45. The van der Waals surface area contributed by atoms with Crippen molar-refractivity contribution in [2.45, 2.75) is 38.3 Å². The summed E-state index contributed by atoms with van der Waals surface area (Å²) in [5, 5.41) is 3.58. The van der Waals surface area contributed by atoms with Gasteiger partial charge in [0.1, 0.15) is 11.6 Å². The molecule has 0 radical (unpaired) electrons. The maximum Gasteiger partial charge on any atom is 0.130 e. The van der Waals surface area contributed by atoms with Crippen LogP contribution in [-0.4, -0.2) is 22.2 Å². The Kier molecular flexibility index (Phi) is 4.25. The van der Waals surface area contributed by atoms with Gasteiger partial charge in [0.15, 0.2) is 0 Å². The van der Waals surface area contributed by atoms with Crippen molar-refractivity contribution < 1.29 is 4.74 Å². The molecule has 1 aromatic carbocycles. The van der Waals surface area contributed by atoms with Gasteiger partial charge >= 0.3 is 0 Å². The van der Waals surface area contributed by atoms with Crippen LogP contribution in [0.25, 0.3) is 0 Å². The SMILES string of the molecule is CCCNC(c1ccc(OC2CC2)cc1)c1nccn1C. The van der Waals surface area contributed by atoms with Gasteiger partial charge < -0.3 is 14.6 Å². The molecule has 1 saturated carbocycles. The monoisotopic (exact) mass is 285 g/mol. The maximum atomic E-state index is 5.81.